The molecule has 4 rings (SSSR count). The monoisotopic (exact) mass is 497 g/mol. The number of hydrogen-bond donors (Lipinski definition) is 1. The molecule has 0 radical (unpaired) electrons. The van der Waals surface area contributed by atoms with Gasteiger partial charge in [0.2, 0.25) is 0 Å². The van der Waals surface area contributed by atoms with Gasteiger partial charge in [0.15, 0.2) is 5.69 Å². The number of aryl methyl sites for hydroxylation is 1. The Kier molecular flexibility index (Phi) is 6.54. The maximum absolute atomic E-state index is 13.3. The minimum atomic E-state index is -0.615. The molecule has 4 aromatic rings. The molecule has 8 nitrogen and oxygen atoms in total. The number of anilines is 1. The molecule has 0 aliphatic heterocycles. The standard InChI is InChI=1S/C24H21Cl2N5O3/c1-12-9-15(13(2)28-17-6-8-19(26)29-21(17)24(33)34-4)20-16(10-12)23(32)31(3)22(30-20)14-5-7-18(25)27-11-14/h5-11,13,28H,1-4H3. The Morgan fingerprint density at radius 2 is 1.85 bits per heavy atom. The molecule has 1 N–H and O–H groups in total. The number of benzene rings is 1. The Balaban J connectivity index is 1.87. The Morgan fingerprint density at radius 1 is 1.12 bits per heavy atom. The second-order valence-corrected chi connectivity index (χ2v) is 8.58. The van der Waals surface area contributed by atoms with Gasteiger partial charge in [0.05, 0.1) is 29.7 Å². The molecule has 174 valence electrons. The van der Waals surface area contributed by atoms with Gasteiger partial charge in [0.1, 0.15) is 16.1 Å². The van der Waals surface area contributed by atoms with E-state index in [4.69, 9.17) is 32.9 Å². The van der Waals surface area contributed by atoms with Crippen LogP contribution in [0.3, 0.4) is 0 Å². The highest BCUT2D eigenvalue weighted by atomic mass is 35.5. The van der Waals surface area contributed by atoms with E-state index in [0.717, 1.165) is 11.1 Å². The molecule has 1 unspecified atom stereocenters. The van der Waals surface area contributed by atoms with Crippen molar-refractivity contribution < 1.29 is 9.53 Å². The quantitative estimate of drug-likeness (QED) is 0.307. The number of hydrogen-bond acceptors (Lipinski definition) is 7. The number of carbonyl (C=O) groups is 1. The third-order valence-electron chi connectivity index (χ3n) is 5.42. The summed E-state index contributed by atoms with van der Waals surface area (Å²) in [6.07, 6.45) is 1.58. The van der Waals surface area contributed by atoms with Gasteiger partial charge in [-0.1, -0.05) is 29.3 Å². The molecule has 34 heavy (non-hydrogen) atoms. The van der Waals surface area contributed by atoms with E-state index >= 15 is 0 Å². The van der Waals surface area contributed by atoms with Crippen molar-refractivity contribution >= 4 is 45.8 Å². The molecule has 1 atom stereocenters. The van der Waals surface area contributed by atoms with Crippen LogP contribution in [-0.2, 0) is 11.8 Å². The Morgan fingerprint density at radius 3 is 2.53 bits per heavy atom. The number of methoxy groups -OCH3 is 1. The Labute approximate surface area is 205 Å². The van der Waals surface area contributed by atoms with E-state index in [9.17, 15) is 9.59 Å². The third-order valence-corrected chi connectivity index (χ3v) is 5.85. The first-order chi connectivity index (χ1) is 16.2. The number of rotatable bonds is 5. The van der Waals surface area contributed by atoms with Crippen LogP contribution in [0, 0.1) is 6.92 Å². The van der Waals surface area contributed by atoms with E-state index in [1.165, 1.54) is 11.7 Å². The summed E-state index contributed by atoms with van der Waals surface area (Å²) in [5, 5.41) is 4.30. The van der Waals surface area contributed by atoms with Crippen LogP contribution in [0.15, 0.2) is 47.4 Å². The zero-order valence-corrected chi connectivity index (χ0v) is 20.4. The lowest BCUT2D eigenvalue weighted by Crippen LogP contribution is -2.22. The predicted octanol–water partition coefficient (Wildman–Crippen LogP) is 4.97. The zero-order valence-electron chi connectivity index (χ0n) is 18.9. The first-order valence-electron chi connectivity index (χ1n) is 10.3. The van der Waals surface area contributed by atoms with Crippen LogP contribution in [-0.4, -0.2) is 32.6 Å². The van der Waals surface area contributed by atoms with E-state index in [1.807, 2.05) is 26.0 Å². The van der Waals surface area contributed by atoms with Crippen LogP contribution in [0.4, 0.5) is 5.69 Å². The number of pyridine rings is 2. The van der Waals surface area contributed by atoms with Gasteiger partial charge in [-0.25, -0.2) is 19.7 Å². The SMILES string of the molecule is COC(=O)c1nc(Cl)ccc1NC(C)c1cc(C)cc2c(=O)n(C)c(-c3ccc(Cl)nc3)nc12. The predicted molar refractivity (Wildman–Crippen MR) is 133 cm³/mol. The number of fused-ring (bicyclic) bond motifs is 1. The number of aromatic nitrogens is 4. The van der Waals surface area contributed by atoms with Crippen molar-refractivity contribution in [1.82, 2.24) is 19.5 Å². The van der Waals surface area contributed by atoms with Crippen LogP contribution in [0.1, 0.15) is 34.6 Å². The normalized spacial score (nSPS) is 11.9. The fraction of sp³-hybridized carbons (Fsp3) is 0.208. The highest BCUT2D eigenvalue weighted by molar-refractivity contribution is 6.29. The minimum Gasteiger partial charge on any atom is -0.464 e. The molecular formula is C24H21Cl2N5O3. The molecule has 0 amide bonds. The fourth-order valence-corrected chi connectivity index (χ4v) is 4.02. The molecule has 0 fully saturated rings. The van der Waals surface area contributed by atoms with Crippen molar-refractivity contribution in [3.8, 4) is 11.4 Å². The summed E-state index contributed by atoms with van der Waals surface area (Å²) >= 11 is 11.9. The summed E-state index contributed by atoms with van der Waals surface area (Å²) < 4.78 is 6.33. The van der Waals surface area contributed by atoms with Crippen molar-refractivity contribution in [3.63, 3.8) is 0 Å². The summed E-state index contributed by atoms with van der Waals surface area (Å²) in [6, 6.07) is 10.1. The molecule has 0 saturated carbocycles. The Hall–Kier alpha value is -3.49. The summed E-state index contributed by atoms with van der Waals surface area (Å²) in [6.45, 7) is 3.82. The van der Waals surface area contributed by atoms with E-state index in [-0.39, 0.29) is 22.4 Å². The molecule has 0 spiro atoms. The van der Waals surface area contributed by atoms with Gasteiger partial charge in [0, 0.05) is 24.4 Å². The molecule has 3 aromatic heterocycles. The first kappa shape index (κ1) is 23.7. The number of halogens is 2. The maximum Gasteiger partial charge on any atom is 0.358 e. The fourth-order valence-electron chi connectivity index (χ4n) is 3.76. The number of nitrogens with zero attached hydrogens (tertiary/aromatic N) is 4. The second kappa shape index (κ2) is 9.40. The van der Waals surface area contributed by atoms with E-state index < -0.39 is 5.97 Å². The number of esters is 1. The molecule has 0 saturated heterocycles. The van der Waals surface area contributed by atoms with Gasteiger partial charge in [-0.15, -0.1) is 0 Å². The maximum atomic E-state index is 13.3. The smallest absolute Gasteiger partial charge is 0.358 e. The average Bonchev–Trinajstić information content (AvgIpc) is 2.82. The van der Waals surface area contributed by atoms with Crippen LogP contribution in [0.5, 0.6) is 0 Å². The first-order valence-corrected chi connectivity index (χ1v) is 11.1. The lowest BCUT2D eigenvalue weighted by atomic mass is 10.0. The summed E-state index contributed by atoms with van der Waals surface area (Å²) in [5.74, 6) is -0.154. The Bertz CT molecular complexity index is 1470. The topological polar surface area (TPSA) is 99.0 Å². The third kappa shape index (κ3) is 4.47. The largest absolute Gasteiger partial charge is 0.464 e. The number of carbonyl (C=O) groups excluding carboxylic acids is 1. The van der Waals surface area contributed by atoms with Crippen molar-refractivity contribution in [1.29, 1.82) is 0 Å². The van der Waals surface area contributed by atoms with E-state index in [0.29, 0.717) is 33.1 Å². The van der Waals surface area contributed by atoms with E-state index in [2.05, 4.69) is 15.3 Å². The van der Waals surface area contributed by atoms with Crippen molar-refractivity contribution in [2.75, 3.05) is 12.4 Å². The summed E-state index contributed by atoms with van der Waals surface area (Å²) in [5.41, 5.74) is 3.21. The molecule has 1 aromatic carbocycles. The number of nitrogens with one attached hydrogen (secondary N) is 1. The van der Waals surface area contributed by atoms with Crippen LogP contribution in [0.2, 0.25) is 10.3 Å². The zero-order chi connectivity index (χ0) is 24.6. The summed E-state index contributed by atoms with van der Waals surface area (Å²) in [4.78, 5) is 38.5. The van der Waals surface area contributed by atoms with E-state index in [1.54, 1.807) is 37.5 Å². The lowest BCUT2D eigenvalue weighted by molar-refractivity contribution is 0.0595. The average molecular weight is 498 g/mol. The highest BCUT2D eigenvalue weighted by Crippen LogP contribution is 2.29. The van der Waals surface area contributed by atoms with Crippen LogP contribution < -0.4 is 10.9 Å². The lowest BCUT2D eigenvalue weighted by Gasteiger charge is -2.20. The second-order valence-electron chi connectivity index (χ2n) is 7.81. The number of ether oxygens (including phenoxy) is 1. The van der Waals surface area contributed by atoms with Gasteiger partial charge in [0.25, 0.3) is 5.56 Å². The molecule has 0 bridgehead atoms. The van der Waals surface area contributed by atoms with Crippen molar-refractivity contribution in [2.45, 2.75) is 19.9 Å². The molecule has 10 heteroatoms. The van der Waals surface area contributed by atoms with Crippen molar-refractivity contribution in [2.24, 2.45) is 7.05 Å². The van der Waals surface area contributed by atoms with Gasteiger partial charge >= 0.3 is 5.97 Å². The molecule has 3 heterocycles. The van der Waals surface area contributed by atoms with Gasteiger partial charge in [-0.3, -0.25) is 9.36 Å². The van der Waals surface area contributed by atoms with Gasteiger partial charge in [-0.05, 0) is 49.7 Å². The van der Waals surface area contributed by atoms with Crippen molar-refractivity contribution in [3.05, 3.63) is 80.1 Å². The molecule has 0 aliphatic rings. The summed E-state index contributed by atoms with van der Waals surface area (Å²) in [7, 11) is 2.95. The van der Waals surface area contributed by atoms with Crippen LogP contribution in [0.25, 0.3) is 22.3 Å². The van der Waals surface area contributed by atoms with Crippen LogP contribution >= 0.6 is 23.2 Å². The highest BCUT2D eigenvalue weighted by Gasteiger charge is 2.20. The van der Waals surface area contributed by atoms with Gasteiger partial charge < -0.3 is 10.1 Å². The molecular weight excluding hydrogens is 477 g/mol. The molecule has 0 aliphatic carbocycles. The van der Waals surface area contributed by atoms with Gasteiger partial charge in [-0.2, -0.15) is 0 Å². The minimum absolute atomic E-state index is 0.0654.